The Morgan fingerprint density at radius 3 is 2.49 bits per heavy atom. The van der Waals surface area contributed by atoms with E-state index in [-0.39, 0.29) is 21.3 Å². The molecule has 5 N–H and O–H groups in total. The molecule has 13 heteroatoms. The predicted molar refractivity (Wildman–Crippen MR) is 145 cm³/mol. The van der Waals surface area contributed by atoms with Crippen LogP contribution in [0, 0.1) is 18.3 Å². The number of aromatic nitrogens is 2. The van der Waals surface area contributed by atoms with Gasteiger partial charge in [0.2, 0.25) is 5.95 Å². The summed E-state index contributed by atoms with van der Waals surface area (Å²) in [5.74, 6) is 0.209. The minimum absolute atomic E-state index is 0.0643. The molecule has 0 bridgehead atoms. The van der Waals surface area contributed by atoms with E-state index in [2.05, 4.69) is 14.9 Å². The van der Waals surface area contributed by atoms with Crippen molar-refractivity contribution in [3.63, 3.8) is 0 Å². The van der Waals surface area contributed by atoms with Crippen molar-refractivity contribution in [3.05, 3.63) is 74.9 Å². The maximum atomic E-state index is 13.9. The second kappa shape index (κ2) is 11.3. The highest BCUT2D eigenvalue weighted by Gasteiger charge is 2.23. The van der Waals surface area contributed by atoms with Crippen LogP contribution in [0.3, 0.4) is 0 Å². The number of nitrogen functional groups attached to an aromatic ring is 1. The zero-order valence-electron chi connectivity index (χ0n) is 20.2. The van der Waals surface area contributed by atoms with Crippen LogP contribution in [0.5, 0.6) is 5.75 Å². The lowest BCUT2D eigenvalue weighted by Gasteiger charge is -2.33. The van der Waals surface area contributed by atoms with E-state index in [0.717, 1.165) is 12.0 Å². The van der Waals surface area contributed by atoms with Crippen molar-refractivity contribution in [2.75, 3.05) is 43.1 Å². The summed E-state index contributed by atoms with van der Waals surface area (Å²) in [4.78, 5) is 10.1. The molecule has 2 atom stereocenters. The van der Waals surface area contributed by atoms with Gasteiger partial charge in [-0.2, -0.15) is 4.39 Å². The fraction of sp³-hybridized carbons (Fsp3) is 0.292. The number of nitrogens with zero attached hydrogens (tertiary/aromatic N) is 4. The van der Waals surface area contributed by atoms with E-state index in [1.807, 2.05) is 16.4 Å². The first kappa shape index (κ1) is 27.2. The van der Waals surface area contributed by atoms with Gasteiger partial charge in [0.1, 0.15) is 16.6 Å². The molecule has 1 fully saturated rings. The van der Waals surface area contributed by atoms with Crippen LogP contribution in [0.15, 0.2) is 36.7 Å². The SMILES string of the molecule is Cc1c(O[C@H](N)c2c(Cl)cnc(F)c2Cl)ccc(N)c1C(=N)c1ccc(N2CCN(S(C)=O)CC2)nc1. The zero-order chi connectivity index (χ0) is 26.9. The summed E-state index contributed by atoms with van der Waals surface area (Å²) >= 11 is 12.1. The topological polar surface area (TPSA) is 134 Å². The summed E-state index contributed by atoms with van der Waals surface area (Å²) in [5, 5.41) is 8.56. The number of piperazine rings is 1. The number of anilines is 2. The van der Waals surface area contributed by atoms with Gasteiger partial charge in [0.05, 0.1) is 27.3 Å². The third-order valence-corrected chi connectivity index (χ3v) is 7.92. The highest BCUT2D eigenvalue weighted by molar-refractivity contribution is 7.81. The molecular weight excluding hydrogens is 540 g/mol. The van der Waals surface area contributed by atoms with E-state index < -0.39 is 23.2 Å². The number of hydrogen-bond donors (Lipinski definition) is 3. The summed E-state index contributed by atoms with van der Waals surface area (Å²) in [6.45, 7) is 4.55. The molecule has 1 saturated heterocycles. The van der Waals surface area contributed by atoms with E-state index in [0.29, 0.717) is 54.3 Å². The highest BCUT2D eigenvalue weighted by Crippen LogP contribution is 2.35. The van der Waals surface area contributed by atoms with E-state index in [4.69, 9.17) is 44.8 Å². The zero-order valence-corrected chi connectivity index (χ0v) is 22.5. The summed E-state index contributed by atoms with van der Waals surface area (Å²) in [7, 11) is -0.984. The number of hydrogen-bond acceptors (Lipinski definition) is 8. The van der Waals surface area contributed by atoms with Gasteiger partial charge in [-0.1, -0.05) is 23.2 Å². The molecule has 1 unspecified atom stereocenters. The molecule has 1 aliphatic rings. The van der Waals surface area contributed by atoms with Crippen LogP contribution >= 0.6 is 23.2 Å². The van der Waals surface area contributed by atoms with E-state index >= 15 is 0 Å². The van der Waals surface area contributed by atoms with Gasteiger partial charge in [0, 0.05) is 67.2 Å². The second-order valence-corrected chi connectivity index (χ2v) is 10.6. The number of pyridine rings is 2. The van der Waals surface area contributed by atoms with Crippen molar-refractivity contribution in [1.82, 2.24) is 14.3 Å². The number of nitrogens with two attached hydrogens (primary N) is 2. The molecule has 3 heterocycles. The molecule has 9 nitrogen and oxygen atoms in total. The molecule has 196 valence electrons. The first-order valence-electron chi connectivity index (χ1n) is 11.3. The first-order chi connectivity index (χ1) is 17.6. The van der Waals surface area contributed by atoms with Crippen molar-refractivity contribution in [2.45, 2.75) is 13.2 Å². The highest BCUT2D eigenvalue weighted by atomic mass is 35.5. The number of nitrogens with one attached hydrogen (secondary N) is 1. The van der Waals surface area contributed by atoms with Crippen LogP contribution in [0.2, 0.25) is 10.0 Å². The molecule has 37 heavy (non-hydrogen) atoms. The largest absolute Gasteiger partial charge is 0.471 e. The van der Waals surface area contributed by atoms with Gasteiger partial charge >= 0.3 is 0 Å². The monoisotopic (exact) mass is 565 g/mol. The Balaban J connectivity index is 1.55. The van der Waals surface area contributed by atoms with Crippen molar-refractivity contribution >= 4 is 51.4 Å². The maximum Gasteiger partial charge on any atom is 0.232 e. The van der Waals surface area contributed by atoms with Crippen LogP contribution < -0.4 is 21.1 Å². The summed E-state index contributed by atoms with van der Waals surface area (Å²) in [6, 6.07) is 6.89. The lowest BCUT2D eigenvalue weighted by atomic mass is 9.96. The minimum atomic E-state index is -1.19. The lowest BCUT2D eigenvalue weighted by molar-refractivity contribution is 0.212. The number of halogens is 3. The number of benzene rings is 1. The number of rotatable bonds is 7. The molecule has 4 rings (SSSR count). The van der Waals surface area contributed by atoms with Crippen molar-refractivity contribution < 1.29 is 13.3 Å². The lowest BCUT2D eigenvalue weighted by Crippen LogP contribution is -2.47. The Bertz CT molecular complexity index is 1350. The average molecular weight is 566 g/mol. The predicted octanol–water partition coefficient (Wildman–Crippen LogP) is 3.68. The Morgan fingerprint density at radius 1 is 1.16 bits per heavy atom. The summed E-state index contributed by atoms with van der Waals surface area (Å²) in [5.41, 5.74) is 14.6. The van der Waals surface area contributed by atoms with E-state index in [9.17, 15) is 8.60 Å². The molecule has 2 aromatic heterocycles. The summed E-state index contributed by atoms with van der Waals surface area (Å²) < 4.78 is 33.3. The van der Waals surface area contributed by atoms with Crippen LogP contribution in [-0.2, 0) is 11.0 Å². The van der Waals surface area contributed by atoms with Crippen LogP contribution in [-0.4, -0.2) is 56.6 Å². The Morgan fingerprint density at radius 2 is 1.86 bits per heavy atom. The van der Waals surface area contributed by atoms with Gasteiger partial charge in [-0.25, -0.2) is 18.5 Å². The van der Waals surface area contributed by atoms with Gasteiger partial charge in [-0.05, 0) is 31.2 Å². The summed E-state index contributed by atoms with van der Waals surface area (Å²) in [6.07, 6.45) is 3.23. The Hall–Kier alpha value is -2.83. The van der Waals surface area contributed by atoms with Crippen molar-refractivity contribution in [1.29, 1.82) is 5.41 Å². The van der Waals surface area contributed by atoms with E-state index in [1.165, 1.54) is 0 Å². The van der Waals surface area contributed by atoms with Crippen LogP contribution in [0.1, 0.15) is 28.5 Å². The quantitative estimate of drug-likeness (QED) is 0.172. The van der Waals surface area contributed by atoms with Crippen LogP contribution in [0.4, 0.5) is 15.9 Å². The second-order valence-electron chi connectivity index (χ2n) is 8.44. The van der Waals surface area contributed by atoms with Gasteiger partial charge in [-0.15, -0.1) is 0 Å². The van der Waals surface area contributed by atoms with Crippen molar-refractivity contribution in [2.24, 2.45) is 5.73 Å². The smallest absolute Gasteiger partial charge is 0.232 e. The molecule has 0 aliphatic carbocycles. The molecule has 0 saturated carbocycles. The molecule has 0 spiro atoms. The fourth-order valence-electron chi connectivity index (χ4n) is 4.12. The molecule has 0 amide bonds. The average Bonchev–Trinajstić information content (AvgIpc) is 2.88. The standard InChI is InChI=1S/C24H26Cl2FN7O2S/c1-13-17(36-24(30)20-15(25)12-32-23(27)21(20)26)5-4-16(28)19(13)22(29)14-3-6-18(31-11-14)33-7-9-34(10-8-33)37(2)35/h3-6,11-12,24,29H,7-10,28,30H2,1-2H3/t24-,37?/m0/s1. The van der Waals surface area contributed by atoms with Crippen LogP contribution in [0.25, 0.3) is 0 Å². The van der Waals surface area contributed by atoms with Gasteiger partial charge in [0.15, 0.2) is 6.23 Å². The molecular formula is C24H26Cl2FN7O2S. The Kier molecular flexibility index (Phi) is 8.29. The maximum absolute atomic E-state index is 13.9. The molecule has 3 aromatic rings. The first-order valence-corrected chi connectivity index (χ1v) is 13.5. The molecule has 1 aromatic carbocycles. The molecule has 0 radical (unpaired) electrons. The molecule has 1 aliphatic heterocycles. The minimum Gasteiger partial charge on any atom is -0.471 e. The van der Waals surface area contributed by atoms with Gasteiger partial charge < -0.3 is 15.4 Å². The van der Waals surface area contributed by atoms with Gasteiger partial charge in [-0.3, -0.25) is 11.1 Å². The Labute approximate surface area is 226 Å². The van der Waals surface area contributed by atoms with Crippen molar-refractivity contribution in [3.8, 4) is 5.75 Å². The number of ether oxygens (including phenoxy) is 1. The van der Waals surface area contributed by atoms with E-state index in [1.54, 1.807) is 31.5 Å². The normalized spacial score (nSPS) is 15.9. The third kappa shape index (κ3) is 5.70. The third-order valence-electron chi connectivity index (χ3n) is 6.16. The fourth-order valence-corrected chi connectivity index (χ4v) is 5.36. The van der Waals surface area contributed by atoms with Gasteiger partial charge in [0.25, 0.3) is 0 Å².